The first-order chi connectivity index (χ1) is 5.90. The van der Waals surface area contributed by atoms with E-state index in [0.29, 0.717) is 0 Å². The van der Waals surface area contributed by atoms with Crippen LogP contribution in [0.25, 0.3) is 0 Å². The van der Waals surface area contributed by atoms with E-state index >= 15 is 0 Å². The van der Waals surface area contributed by atoms with Crippen molar-refractivity contribution < 1.29 is 4.79 Å². The number of hydrogen-bond acceptors (Lipinski definition) is 1. The summed E-state index contributed by atoms with van der Waals surface area (Å²) in [6, 6.07) is 8.35. The van der Waals surface area contributed by atoms with Gasteiger partial charge < -0.3 is 4.72 Å². The molecule has 0 aromatic heterocycles. The number of carbonyl (C=O) groups excluding carboxylic acids is 1. The molecule has 1 radical (unpaired) electrons. The van der Waals surface area contributed by atoms with E-state index in [1.807, 2.05) is 12.1 Å². The van der Waals surface area contributed by atoms with Crippen molar-refractivity contribution in [3.63, 3.8) is 0 Å². The lowest BCUT2D eigenvalue weighted by Gasteiger charge is -2.10. The third kappa shape index (κ3) is 1.32. The molecule has 1 N–H and O–H groups in total. The Morgan fingerprint density at radius 1 is 1.25 bits per heavy atom. The molecule has 0 aliphatic carbocycles. The smallest absolute Gasteiger partial charge is 0.312 e. The van der Waals surface area contributed by atoms with Gasteiger partial charge in [0.2, 0.25) is 0 Å². The van der Waals surface area contributed by atoms with Crippen LogP contribution in [0.5, 0.6) is 0 Å². The van der Waals surface area contributed by atoms with Crippen molar-refractivity contribution in [3.05, 3.63) is 35.4 Å². The van der Waals surface area contributed by atoms with Gasteiger partial charge in [-0.05, 0) is 11.1 Å². The fourth-order valence-corrected chi connectivity index (χ4v) is 3.32. The largest absolute Gasteiger partial charge is 0.318 e. The van der Waals surface area contributed by atoms with Gasteiger partial charge in [0.05, 0.1) is 0 Å². The van der Waals surface area contributed by atoms with E-state index in [2.05, 4.69) is 16.9 Å². The lowest BCUT2D eigenvalue weighted by Crippen LogP contribution is -2.05. The van der Waals surface area contributed by atoms with Crippen LogP contribution in [0.15, 0.2) is 24.3 Å². The van der Waals surface area contributed by atoms with Crippen LogP contribution in [0.2, 0.25) is 0 Å². The van der Waals surface area contributed by atoms with Crippen molar-refractivity contribution in [1.29, 1.82) is 0 Å². The van der Waals surface area contributed by atoms with E-state index in [9.17, 15) is 4.79 Å². The van der Waals surface area contributed by atoms with E-state index in [4.69, 9.17) is 0 Å². The summed E-state index contributed by atoms with van der Waals surface area (Å²) < 4.78 is 2.75. The fraction of sp³-hybridized carbons (Fsp3) is 0.222. The molecule has 12 heavy (non-hydrogen) atoms. The van der Waals surface area contributed by atoms with Crippen LogP contribution < -0.4 is 4.72 Å². The van der Waals surface area contributed by atoms with Gasteiger partial charge >= 0.3 is 6.41 Å². The Balaban J connectivity index is 2.16. The molecule has 1 aromatic rings. The third-order valence-electron chi connectivity index (χ3n) is 2.04. The SMILES string of the molecule is O=[C]N[SH]1Cc2ccccc2C1. The zero-order chi connectivity index (χ0) is 8.39. The second-order valence-electron chi connectivity index (χ2n) is 2.84. The molecule has 1 aliphatic heterocycles. The number of thiol groups is 1. The molecular weight excluding hydrogens is 170 g/mol. The standard InChI is InChI=1S/C9H10NOS/c11-7-10-12-5-8-3-1-2-4-9(8)6-12/h1-4,12H,5-6H2,(H,10,11). The molecule has 1 aliphatic rings. The predicted octanol–water partition coefficient (Wildman–Crippen LogP) is 1.27. The molecule has 0 bridgehead atoms. The van der Waals surface area contributed by atoms with Crippen LogP contribution in [-0.2, 0) is 16.3 Å². The molecule has 0 saturated heterocycles. The highest BCUT2D eigenvalue weighted by molar-refractivity contribution is 8.14. The van der Waals surface area contributed by atoms with Crippen LogP contribution in [-0.4, -0.2) is 6.41 Å². The maximum Gasteiger partial charge on any atom is 0.318 e. The maximum absolute atomic E-state index is 10.1. The number of amides is 1. The van der Waals surface area contributed by atoms with Gasteiger partial charge in [0.15, 0.2) is 0 Å². The molecule has 0 atom stereocenters. The van der Waals surface area contributed by atoms with E-state index in [-0.39, 0.29) is 11.1 Å². The lowest BCUT2D eigenvalue weighted by atomic mass is 10.1. The maximum atomic E-state index is 10.1. The molecule has 63 valence electrons. The quantitative estimate of drug-likeness (QED) is 0.521. The first kappa shape index (κ1) is 7.68. The first-order valence-corrected chi connectivity index (χ1v) is 5.56. The van der Waals surface area contributed by atoms with Crippen molar-refractivity contribution in [2.45, 2.75) is 11.5 Å². The minimum Gasteiger partial charge on any atom is -0.312 e. The first-order valence-electron chi connectivity index (χ1n) is 3.84. The second-order valence-corrected chi connectivity index (χ2v) is 4.77. The summed E-state index contributed by atoms with van der Waals surface area (Å²) in [7, 11) is 0. The molecule has 1 aromatic carbocycles. The fourth-order valence-electron chi connectivity index (χ4n) is 1.48. The molecule has 0 fully saturated rings. The van der Waals surface area contributed by atoms with Gasteiger partial charge in [-0.1, -0.05) is 24.3 Å². The zero-order valence-electron chi connectivity index (χ0n) is 6.58. The highest BCUT2D eigenvalue weighted by Crippen LogP contribution is 2.38. The van der Waals surface area contributed by atoms with Crippen molar-refractivity contribution >= 4 is 17.5 Å². The summed E-state index contributed by atoms with van der Waals surface area (Å²) >= 11 is -0.346. The van der Waals surface area contributed by atoms with E-state index < -0.39 is 0 Å². The minimum absolute atomic E-state index is 0.346. The zero-order valence-corrected chi connectivity index (χ0v) is 7.47. The van der Waals surface area contributed by atoms with Crippen LogP contribution >= 0.6 is 11.1 Å². The van der Waals surface area contributed by atoms with Crippen LogP contribution in [0.3, 0.4) is 0 Å². The van der Waals surface area contributed by atoms with Crippen molar-refractivity contribution in [3.8, 4) is 0 Å². The molecule has 0 spiro atoms. The lowest BCUT2D eigenvalue weighted by molar-refractivity contribution is 0.554. The third-order valence-corrected chi connectivity index (χ3v) is 3.90. The topological polar surface area (TPSA) is 29.1 Å². The van der Waals surface area contributed by atoms with Crippen molar-refractivity contribution in [2.24, 2.45) is 0 Å². The summed E-state index contributed by atoms with van der Waals surface area (Å²) in [6.07, 6.45) is 1.77. The molecule has 0 unspecified atom stereocenters. The van der Waals surface area contributed by atoms with Crippen LogP contribution in [0.1, 0.15) is 11.1 Å². The molecule has 3 heteroatoms. The minimum atomic E-state index is -0.346. The summed E-state index contributed by atoms with van der Waals surface area (Å²) in [4.78, 5) is 10.1. The van der Waals surface area contributed by atoms with Gasteiger partial charge in [0, 0.05) is 11.5 Å². The summed E-state index contributed by atoms with van der Waals surface area (Å²) in [5, 5.41) is 0. The summed E-state index contributed by atoms with van der Waals surface area (Å²) in [5.74, 6) is 2.03. The predicted molar refractivity (Wildman–Crippen MR) is 51.7 cm³/mol. The van der Waals surface area contributed by atoms with Gasteiger partial charge in [0.1, 0.15) is 0 Å². The van der Waals surface area contributed by atoms with Crippen LogP contribution in [0, 0.1) is 0 Å². The van der Waals surface area contributed by atoms with Gasteiger partial charge in [-0.3, -0.25) is 4.79 Å². The Hall–Kier alpha value is -0.960. The Bertz CT molecular complexity index is 275. The molecule has 2 nitrogen and oxygen atoms in total. The number of fused-ring (bicyclic) bond motifs is 1. The molecule has 0 saturated carbocycles. The number of hydrogen-bond donors (Lipinski definition) is 2. The Morgan fingerprint density at radius 2 is 1.83 bits per heavy atom. The highest BCUT2D eigenvalue weighted by atomic mass is 32.2. The summed E-state index contributed by atoms with van der Waals surface area (Å²) in [6.45, 7) is 0. The molecule has 2 rings (SSSR count). The van der Waals surface area contributed by atoms with Gasteiger partial charge in [0.25, 0.3) is 0 Å². The summed E-state index contributed by atoms with van der Waals surface area (Å²) in [5.41, 5.74) is 2.76. The molecule has 1 heterocycles. The van der Waals surface area contributed by atoms with Crippen LogP contribution in [0.4, 0.5) is 0 Å². The Kier molecular flexibility index (Phi) is 2.04. The number of rotatable bonds is 2. The van der Waals surface area contributed by atoms with Gasteiger partial charge in [-0.15, -0.1) is 0 Å². The van der Waals surface area contributed by atoms with Gasteiger partial charge in [-0.2, -0.15) is 11.1 Å². The van der Waals surface area contributed by atoms with E-state index in [1.165, 1.54) is 11.1 Å². The van der Waals surface area contributed by atoms with E-state index in [1.54, 1.807) is 6.41 Å². The number of nitrogens with one attached hydrogen (secondary N) is 1. The van der Waals surface area contributed by atoms with Crippen molar-refractivity contribution in [2.75, 3.05) is 0 Å². The van der Waals surface area contributed by atoms with Gasteiger partial charge in [-0.25, -0.2) is 0 Å². The average molecular weight is 180 g/mol. The molecule has 1 amide bonds. The normalized spacial score (nSPS) is 17.2. The van der Waals surface area contributed by atoms with E-state index in [0.717, 1.165) is 11.5 Å². The van der Waals surface area contributed by atoms with Crippen molar-refractivity contribution in [1.82, 2.24) is 4.72 Å². The average Bonchev–Trinajstić information content (AvgIpc) is 2.47. The second kappa shape index (κ2) is 3.19. The Morgan fingerprint density at radius 3 is 2.33 bits per heavy atom. The Labute approximate surface area is 74.5 Å². The molecular formula is C9H10NOS. The highest BCUT2D eigenvalue weighted by Gasteiger charge is 2.16. The number of benzene rings is 1. The monoisotopic (exact) mass is 180 g/mol.